The van der Waals surface area contributed by atoms with Crippen molar-refractivity contribution in [1.82, 2.24) is 5.01 Å². The molecular weight excluding hydrogens is 292 g/mol. The van der Waals surface area contributed by atoms with Gasteiger partial charge in [-0.25, -0.2) is 0 Å². The van der Waals surface area contributed by atoms with Crippen LogP contribution in [0.25, 0.3) is 6.08 Å². The lowest BCUT2D eigenvalue weighted by molar-refractivity contribution is -0.114. The molecule has 2 aliphatic heterocycles. The Hall–Kier alpha value is -1.73. The molecule has 0 aliphatic carbocycles. The average Bonchev–Trinajstić information content (AvgIpc) is 3.04. The Morgan fingerprint density at radius 1 is 1.50 bits per heavy atom. The van der Waals surface area contributed by atoms with Crippen molar-refractivity contribution >= 4 is 51.1 Å². The molecule has 20 heavy (non-hydrogen) atoms. The molecule has 1 aromatic heterocycles. The van der Waals surface area contributed by atoms with E-state index in [2.05, 4.69) is 17.0 Å². The highest BCUT2D eigenvalue weighted by atomic mass is 32.2. The van der Waals surface area contributed by atoms with Crippen LogP contribution in [0.3, 0.4) is 0 Å². The minimum absolute atomic E-state index is 0.104. The van der Waals surface area contributed by atoms with Gasteiger partial charge >= 0.3 is 0 Å². The fourth-order valence-electron chi connectivity index (χ4n) is 1.86. The van der Waals surface area contributed by atoms with E-state index in [1.165, 1.54) is 28.1 Å². The first-order chi connectivity index (χ1) is 9.69. The molecule has 3 rings (SSSR count). The molecule has 2 aliphatic rings. The zero-order valence-corrected chi connectivity index (χ0v) is 12.4. The monoisotopic (exact) mass is 304 g/mol. The Morgan fingerprint density at radius 3 is 3.05 bits per heavy atom. The molecule has 0 aromatic carbocycles. The fourth-order valence-corrected chi connectivity index (χ4v) is 3.51. The maximum absolute atomic E-state index is 12.1. The van der Waals surface area contributed by atoms with Crippen LogP contribution in [0.1, 0.15) is 24.6 Å². The average molecular weight is 304 g/mol. The van der Waals surface area contributed by atoms with Crippen LogP contribution >= 0.6 is 23.1 Å². The second kappa shape index (κ2) is 5.34. The van der Waals surface area contributed by atoms with Gasteiger partial charge in [0, 0.05) is 4.88 Å². The van der Waals surface area contributed by atoms with Crippen molar-refractivity contribution in [1.29, 1.82) is 5.41 Å². The number of hydrazone groups is 1. The van der Waals surface area contributed by atoms with E-state index in [4.69, 9.17) is 5.41 Å². The first kappa shape index (κ1) is 13.3. The molecule has 102 valence electrons. The zero-order valence-electron chi connectivity index (χ0n) is 10.8. The number of thiophene rings is 1. The molecule has 0 bridgehead atoms. The van der Waals surface area contributed by atoms with Crippen molar-refractivity contribution in [3.63, 3.8) is 0 Å². The van der Waals surface area contributed by atoms with Gasteiger partial charge in [-0.3, -0.25) is 10.2 Å². The minimum atomic E-state index is -0.366. The summed E-state index contributed by atoms with van der Waals surface area (Å²) in [6.45, 7) is 2.07. The quantitative estimate of drug-likeness (QED) is 0.872. The van der Waals surface area contributed by atoms with Gasteiger partial charge in [0.15, 0.2) is 5.84 Å². The Kier molecular flexibility index (Phi) is 3.54. The lowest BCUT2D eigenvalue weighted by Crippen LogP contribution is -2.35. The highest BCUT2D eigenvalue weighted by Crippen LogP contribution is 2.30. The highest BCUT2D eigenvalue weighted by Gasteiger charge is 2.35. The van der Waals surface area contributed by atoms with E-state index < -0.39 is 0 Å². The molecular formula is C13H12N4OS2. The van der Waals surface area contributed by atoms with Crippen molar-refractivity contribution in [3.05, 3.63) is 28.0 Å². The molecule has 0 fully saturated rings. The van der Waals surface area contributed by atoms with Crippen LogP contribution in [0.2, 0.25) is 0 Å². The third-order valence-electron chi connectivity index (χ3n) is 2.79. The van der Waals surface area contributed by atoms with Crippen LogP contribution < -0.4 is 0 Å². The molecule has 5 nitrogen and oxygen atoms in total. The lowest BCUT2D eigenvalue weighted by Gasteiger charge is -2.19. The van der Waals surface area contributed by atoms with Gasteiger partial charge < -0.3 is 0 Å². The first-order valence-corrected chi connectivity index (χ1v) is 7.91. The number of aliphatic imine (C=N–C) groups is 1. The number of amides is 1. The van der Waals surface area contributed by atoms with Gasteiger partial charge in [-0.2, -0.15) is 15.1 Å². The van der Waals surface area contributed by atoms with E-state index in [0.29, 0.717) is 10.7 Å². The van der Waals surface area contributed by atoms with Crippen LogP contribution in [-0.2, 0) is 4.79 Å². The predicted octanol–water partition coefficient (Wildman–Crippen LogP) is 3.17. The normalized spacial score (nSPS) is 20.2. The Balaban J connectivity index is 1.94. The maximum Gasteiger partial charge on any atom is 0.283 e. The van der Waals surface area contributed by atoms with E-state index in [1.54, 1.807) is 6.08 Å². The van der Waals surface area contributed by atoms with Gasteiger partial charge in [0.05, 0.1) is 5.57 Å². The van der Waals surface area contributed by atoms with Crippen molar-refractivity contribution in [3.8, 4) is 0 Å². The summed E-state index contributed by atoms with van der Waals surface area (Å²) in [5.74, 6) is -0.262. The number of carbonyl (C=O) groups is 1. The second-order valence-corrected chi connectivity index (χ2v) is 6.30. The standard InChI is InChI=1S/C13H12N4OS2/c1-2-4-10-16-17-11(14)9(7-8-5-3-6-19-8)12(18)15-13(17)20-10/h3,5-7,14H,2,4H2,1H3/b9-7+,14-11?. The van der Waals surface area contributed by atoms with Gasteiger partial charge in [0.1, 0.15) is 5.04 Å². The summed E-state index contributed by atoms with van der Waals surface area (Å²) in [5.41, 5.74) is 0.290. The van der Waals surface area contributed by atoms with Gasteiger partial charge in [-0.15, -0.1) is 11.3 Å². The van der Waals surface area contributed by atoms with Crippen LogP contribution in [0.4, 0.5) is 0 Å². The van der Waals surface area contributed by atoms with Crippen LogP contribution in [0.15, 0.2) is 33.2 Å². The van der Waals surface area contributed by atoms with Gasteiger partial charge in [0.25, 0.3) is 5.91 Å². The number of rotatable bonds is 3. The van der Waals surface area contributed by atoms with Crippen LogP contribution in [0.5, 0.6) is 0 Å². The van der Waals surface area contributed by atoms with Crippen LogP contribution in [-0.4, -0.2) is 27.0 Å². The van der Waals surface area contributed by atoms with Crippen molar-refractivity contribution in [2.24, 2.45) is 10.1 Å². The maximum atomic E-state index is 12.1. The predicted molar refractivity (Wildman–Crippen MR) is 84.2 cm³/mol. The summed E-state index contributed by atoms with van der Waals surface area (Å²) < 4.78 is 0. The van der Waals surface area contributed by atoms with Crippen molar-refractivity contribution < 1.29 is 4.79 Å². The van der Waals surface area contributed by atoms with Crippen molar-refractivity contribution in [2.75, 3.05) is 0 Å². The molecule has 0 unspecified atom stereocenters. The molecule has 0 spiro atoms. The number of carbonyl (C=O) groups excluding carboxylic acids is 1. The number of hydrogen-bond acceptors (Lipinski definition) is 5. The molecule has 1 N–H and O–H groups in total. The van der Waals surface area contributed by atoms with Crippen LogP contribution in [0, 0.1) is 5.41 Å². The molecule has 0 radical (unpaired) electrons. The molecule has 1 amide bonds. The topological polar surface area (TPSA) is 68.9 Å². The summed E-state index contributed by atoms with van der Waals surface area (Å²) in [7, 11) is 0. The Bertz CT molecular complexity index is 658. The molecule has 0 saturated carbocycles. The number of thioether (sulfide) groups is 1. The molecule has 3 heterocycles. The van der Waals surface area contributed by atoms with E-state index >= 15 is 0 Å². The third kappa shape index (κ3) is 2.34. The molecule has 0 atom stereocenters. The largest absolute Gasteiger partial charge is 0.283 e. The fraction of sp³-hybridized carbons (Fsp3) is 0.231. The number of amidine groups is 2. The van der Waals surface area contributed by atoms with E-state index in [-0.39, 0.29) is 11.7 Å². The molecule has 1 aromatic rings. The second-order valence-electron chi connectivity index (χ2n) is 4.28. The third-order valence-corrected chi connectivity index (χ3v) is 4.58. The first-order valence-electron chi connectivity index (χ1n) is 6.21. The lowest BCUT2D eigenvalue weighted by atomic mass is 10.1. The van der Waals surface area contributed by atoms with Gasteiger partial charge in [0.2, 0.25) is 5.17 Å². The summed E-state index contributed by atoms with van der Waals surface area (Å²) in [4.78, 5) is 17.0. The number of nitrogens with one attached hydrogen (secondary N) is 1. The van der Waals surface area contributed by atoms with E-state index in [1.807, 2.05) is 17.5 Å². The summed E-state index contributed by atoms with van der Waals surface area (Å²) in [6, 6.07) is 3.81. The Morgan fingerprint density at radius 2 is 2.35 bits per heavy atom. The smallest absolute Gasteiger partial charge is 0.282 e. The summed E-state index contributed by atoms with van der Waals surface area (Å²) in [5, 5.41) is 17.3. The van der Waals surface area contributed by atoms with Gasteiger partial charge in [-0.05, 0) is 42.1 Å². The molecule has 7 heteroatoms. The number of hydrogen-bond donors (Lipinski definition) is 1. The van der Waals surface area contributed by atoms with Gasteiger partial charge in [-0.1, -0.05) is 13.0 Å². The SMILES string of the molecule is CCCC1=NN2C(=N)/C(=C\c3cccs3)C(=O)N=C2S1. The summed E-state index contributed by atoms with van der Waals surface area (Å²) in [6.07, 6.45) is 3.52. The van der Waals surface area contributed by atoms with E-state index in [0.717, 1.165) is 22.8 Å². The minimum Gasteiger partial charge on any atom is -0.282 e. The number of fused-ring (bicyclic) bond motifs is 1. The summed E-state index contributed by atoms with van der Waals surface area (Å²) >= 11 is 2.90. The number of nitrogens with zero attached hydrogens (tertiary/aromatic N) is 3. The highest BCUT2D eigenvalue weighted by molar-refractivity contribution is 8.26. The van der Waals surface area contributed by atoms with E-state index in [9.17, 15) is 4.79 Å². The zero-order chi connectivity index (χ0) is 14.1. The molecule has 0 saturated heterocycles. The Labute approximate surface area is 124 Å². The van der Waals surface area contributed by atoms with Crippen molar-refractivity contribution in [2.45, 2.75) is 19.8 Å².